The quantitative estimate of drug-likeness (QED) is 0.804. The van der Waals surface area contributed by atoms with Crippen molar-refractivity contribution >= 4 is 12.2 Å². The number of aliphatic hydroxyl groups is 1. The van der Waals surface area contributed by atoms with Crippen LogP contribution >= 0.6 is 0 Å². The van der Waals surface area contributed by atoms with Crippen molar-refractivity contribution in [2.24, 2.45) is 5.73 Å². The average molecular weight is 253 g/mol. The fourth-order valence-corrected chi connectivity index (χ4v) is 1.92. The van der Waals surface area contributed by atoms with Gasteiger partial charge < -0.3 is 10.8 Å². The summed E-state index contributed by atoms with van der Waals surface area (Å²) in [7, 11) is 0. The number of rotatable bonds is 5. The number of benzene rings is 2. The molecule has 0 aliphatic rings. The number of hydrogen-bond donors (Lipinski definition) is 2. The molecule has 0 saturated carbocycles. The smallest absolute Gasteiger partial charge is 0.0449 e. The van der Waals surface area contributed by atoms with Gasteiger partial charge in [-0.05, 0) is 23.1 Å². The van der Waals surface area contributed by atoms with E-state index in [1.807, 2.05) is 42.5 Å². The summed E-state index contributed by atoms with van der Waals surface area (Å²) in [6, 6.07) is 18.2. The van der Waals surface area contributed by atoms with Gasteiger partial charge in [0, 0.05) is 12.6 Å². The first kappa shape index (κ1) is 13.5. The fraction of sp³-hybridized carbons (Fsp3) is 0.176. The zero-order valence-corrected chi connectivity index (χ0v) is 10.9. The number of aliphatic hydroxyl groups excluding tert-OH is 1. The second-order valence-corrected chi connectivity index (χ2v) is 4.53. The molecular weight excluding hydrogens is 234 g/mol. The lowest BCUT2D eigenvalue weighted by molar-refractivity contribution is 0.276. The highest BCUT2D eigenvalue weighted by Crippen LogP contribution is 2.16. The summed E-state index contributed by atoms with van der Waals surface area (Å²) in [5.41, 5.74) is 9.33. The SMILES string of the molecule is NC(CCO)c1ccc(/C=C/c2ccccc2)cc1. The van der Waals surface area contributed by atoms with Gasteiger partial charge in [-0.2, -0.15) is 0 Å². The normalized spacial score (nSPS) is 12.7. The molecule has 2 rings (SSSR count). The van der Waals surface area contributed by atoms with Crippen LogP contribution in [0.3, 0.4) is 0 Å². The first-order chi connectivity index (χ1) is 9.29. The molecule has 0 spiro atoms. The van der Waals surface area contributed by atoms with Crippen LogP contribution in [0.1, 0.15) is 29.2 Å². The van der Waals surface area contributed by atoms with Gasteiger partial charge in [0.1, 0.15) is 0 Å². The third kappa shape index (κ3) is 4.05. The van der Waals surface area contributed by atoms with E-state index in [4.69, 9.17) is 10.8 Å². The van der Waals surface area contributed by atoms with Gasteiger partial charge in [-0.15, -0.1) is 0 Å². The molecule has 0 fully saturated rings. The molecule has 2 heteroatoms. The zero-order chi connectivity index (χ0) is 13.5. The predicted molar refractivity (Wildman–Crippen MR) is 80.4 cm³/mol. The lowest BCUT2D eigenvalue weighted by atomic mass is 10.0. The highest BCUT2D eigenvalue weighted by molar-refractivity contribution is 5.69. The molecule has 0 aliphatic carbocycles. The summed E-state index contributed by atoms with van der Waals surface area (Å²) < 4.78 is 0. The van der Waals surface area contributed by atoms with E-state index in [9.17, 15) is 0 Å². The molecule has 0 radical (unpaired) electrons. The van der Waals surface area contributed by atoms with Crippen molar-refractivity contribution < 1.29 is 5.11 Å². The van der Waals surface area contributed by atoms with Crippen LogP contribution in [-0.4, -0.2) is 11.7 Å². The van der Waals surface area contributed by atoms with E-state index in [1.165, 1.54) is 5.56 Å². The van der Waals surface area contributed by atoms with Crippen molar-refractivity contribution in [1.29, 1.82) is 0 Å². The Bertz CT molecular complexity index is 517. The van der Waals surface area contributed by atoms with Crippen LogP contribution in [0.15, 0.2) is 54.6 Å². The van der Waals surface area contributed by atoms with Crippen LogP contribution in [0, 0.1) is 0 Å². The first-order valence-corrected chi connectivity index (χ1v) is 6.49. The van der Waals surface area contributed by atoms with Crippen molar-refractivity contribution in [3.8, 4) is 0 Å². The Balaban J connectivity index is 2.05. The van der Waals surface area contributed by atoms with Gasteiger partial charge in [-0.1, -0.05) is 66.7 Å². The van der Waals surface area contributed by atoms with Crippen molar-refractivity contribution in [2.75, 3.05) is 6.61 Å². The summed E-state index contributed by atoms with van der Waals surface area (Å²) >= 11 is 0. The van der Waals surface area contributed by atoms with E-state index in [2.05, 4.69) is 24.3 Å². The van der Waals surface area contributed by atoms with Gasteiger partial charge in [-0.25, -0.2) is 0 Å². The fourth-order valence-electron chi connectivity index (χ4n) is 1.92. The lowest BCUT2D eigenvalue weighted by Gasteiger charge is -2.10. The molecule has 2 aromatic rings. The van der Waals surface area contributed by atoms with E-state index in [0.29, 0.717) is 6.42 Å². The molecular formula is C17H19NO. The van der Waals surface area contributed by atoms with Gasteiger partial charge in [0.2, 0.25) is 0 Å². The summed E-state index contributed by atoms with van der Waals surface area (Å²) in [5.74, 6) is 0. The van der Waals surface area contributed by atoms with Gasteiger partial charge in [0.25, 0.3) is 0 Å². The summed E-state index contributed by atoms with van der Waals surface area (Å²) in [4.78, 5) is 0. The Hall–Kier alpha value is -1.90. The third-order valence-corrected chi connectivity index (χ3v) is 3.07. The summed E-state index contributed by atoms with van der Waals surface area (Å²) in [6.45, 7) is 0.122. The van der Waals surface area contributed by atoms with Gasteiger partial charge in [-0.3, -0.25) is 0 Å². The summed E-state index contributed by atoms with van der Waals surface area (Å²) in [6.07, 6.45) is 4.76. The molecule has 98 valence electrons. The van der Waals surface area contributed by atoms with Crippen LogP contribution < -0.4 is 5.73 Å². The second-order valence-electron chi connectivity index (χ2n) is 4.53. The lowest BCUT2D eigenvalue weighted by Crippen LogP contribution is -2.11. The molecule has 0 aromatic heterocycles. The molecule has 0 amide bonds. The topological polar surface area (TPSA) is 46.2 Å². The monoisotopic (exact) mass is 253 g/mol. The van der Waals surface area contributed by atoms with Crippen molar-refractivity contribution in [2.45, 2.75) is 12.5 Å². The highest BCUT2D eigenvalue weighted by Gasteiger charge is 2.03. The molecule has 2 nitrogen and oxygen atoms in total. The molecule has 0 bridgehead atoms. The maximum atomic E-state index is 8.87. The second kappa shape index (κ2) is 6.88. The Labute approximate surface area is 114 Å². The van der Waals surface area contributed by atoms with Crippen LogP contribution in [0.5, 0.6) is 0 Å². The minimum absolute atomic E-state index is 0.0860. The Morgan fingerprint density at radius 2 is 1.47 bits per heavy atom. The average Bonchev–Trinajstić information content (AvgIpc) is 2.47. The molecule has 0 saturated heterocycles. The molecule has 0 heterocycles. The molecule has 2 aromatic carbocycles. The molecule has 1 atom stereocenters. The molecule has 0 aliphatic heterocycles. The number of hydrogen-bond acceptors (Lipinski definition) is 2. The van der Waals surface area contributed by atoms with E-state index in [-0.39, 0.29) is 12.6 Å². The van der Waals surface area contributed by atoms with Crippen LogP contribution in [-0.2, 0) is 0 Å². The first-order valence-electron chi connectivity index (χ1n) is 6.49. The van der Waals surface area contributed by atoms with Crippen LogP contribution in [0.25, 0.3) is 12.2 Å². The zero-order valence-electron chi connectivity index (χ0n) is 10.9. The van der Waals surface area contributed by atoms with Gasteiger partial charge in [0.05, 0.1) is 0 Å². The van der Waals surface area contributed by atoms with E-state index in [0.717, 1.165) is 11.1 Å². The molecule has 19 heavy (non-hydrogen) atoms. The van der Waals surface area contributed by atoms with Gasteiger partial charge >= 0.3 is 0 Å². The minimum atomic E-state index is -0.0860. The Morgan fingerprint density at radius 3 is 2.05 bits per heavy atom. The number of nitrogens with two attached hydrogens (primary N) is 1. The molecule has 1 unspecified atom stereocenters. The van der Waals surface area contributed by atoms with E-state index < -0.39 is 0 Å². The largest absolute Gasteiger partial charge is 0.396 e. The third-order valence-electron chi connectivity index (χ3n) is 3.07. The minimum Gasteiger partial charge on any atom is -0.396 e. The standard InChI is InChI=1S/C17H19NO/c18-17(12-13-19)16-10-8-15(9-11-16)7-6-14-4-2-1-3-5-14/h1-11,17,19H,12-13,18H2/b7-6+. The van der Waals surface area contributed by atoms with E-state index >= 15 is 0 Å². The van der Waals surface area contributed by atoms with Crippen LogP contribution in [0.4, 0.5) is 0 Å². The Morgan fingerprint density at radius 1 is 0.895 bits per heavy atom. The maximum Gasteiger partial charge on any atom is 0.0449 e. The van der Waals surface area contributed by atoms with Crippen molar-refractivity contribution in [1.82, 2.24) is 0 Å². The summed E-state index contributed by atoms with van der Waals surface area (Å²) in [5, 5.41) is 8.87. The van der Waals surface area contributed by atoms with Crippen molar-refractivity contribution in [3.05, 3.63) is 71.3 Å². The maximum absolute atomic E-state index is 8.87. The van der Waals surface area contributed by atoms with Crippen molar-refractivity contribution in [3.63, 3.8) is 0 Å². The van der Waals surface area contributed by atoms with Crippen LogP contribution in [0.2, 0.25) is 0 Å². The highest BCUT2D eigenvalue weighted by atomic mass is 16.3. The van der Waals surface area contributed by atoms with Gasteiger partial charge in [0.15, 0.2) is 0 Å². The van der Waals surface area contributed by atoms with E-state index in [1.54, 1.807) is 0 Å². The Kier molecular flexibility index (Phi) is 4.90. The predicted octanol–water partition coefficient (Wildman–Crippen LogP) is 3.24. The molecule has 3 N–H and O–H groups in total.